The normalized spacial score (nSPS) is 10.4. The summed E-state index contributed by atoms with van der Waals surface area (Å²) in [5.41, 5.74) is 1.80. The van der Waals surface area contributed by atoms with E-state index in [0.717, 1.165) is 10.0 Å². The van der Waals surface area contributed by atoms with E-state index in [4.69, 9.17) is 11.6 Å². The second kappa shape index (κ2) is 8.44. The fourth-order valence-electron chi connectivity index (χ4n) is 2.11. The fourth-order valence-corrected chi connectivity index (χ4v) is 3.43. The van der Waals surface area contributed by atoms with Crippen molar-refractivity contribution in [2.75, 3.05) is 11.9 Å². The molecule has 0 bridgehead atoms. The second-order valence-electron chi connectivity index (χ2n) is 5.26. The summed E-state index contributed by atoms with van der Waals surface area (Å²) < 4.78 is 0.770. The number of rotatable bonds is 5. The number of thiazole rings is 1. The number of benzene rings is 2. The van der Waals surface area contributed by atoms with Crippen LogP contribution in [0.3, 0.4) is 0 Å². The molecule has 8 heteroatoms. The van der Waals surface area contributed by atoms with Gasteiger partial charge >= 0.3 is 0 Å². The first kappa shape index (κ1) is 18.6. The van der Waals surface area contributed by atoms with Crippen molar-refractivity contribution in [1.29, 1.82) is 0 Å². The molecular formula is C18H13BrClN3O2S. The predicted molar refractivity (Wildman–Crippen MR) is 108 cm³/mol. The molecule has 0 spiro atoms. The number of anilines is 1. The number of amides is 2. The van der Waals surface area contributed by atoms with Crippen LogP contribution in [-0.4, -0.2) is 23.3 Å². The van der Waals surface area contributed by atoms with Gasteiger partial charge in [0.1, 0.15) is 10.7 Å². The molecule has 0 aliphatic carbocycles. The lowest BCUT2D eigenvalue weighted by molar-refractivity contribution is -0.115. The van der Waals surface area contributed by atoms with E-state index in [9.17, 15) is 9.59 Å². The molecule has 3 rings (SSSR count). The van der Waals surface area contributed by atoms with Crippen molar-refractivity contribution in [3.05, 3.63) is 69.1 Å². The minimum Gasteiger partial charge on any atom is -0.342 e. The van der Waals surface area contributed by atoms with E-state index < -0.39 is 5.91 Å². The van der Waals surface area contributed by atoms with Crippen LogP contribution in [0.4, 0.5) is 5.69 Å². The van der Waals surface area contributed by atoms with E-state index in [1.807, 2.05) is 30.3 Å². The topological polar surface area (TPSA) is 71.1 Å². The van der Waals surface area contributed by atoms with Crippen LogP contribution < -0.4 is 10.6 Å². The van der Waals surface area contributed by atoms with Crippen molar-refractivity contribution in [2.45, 2.75) is 0 Å². The maximum Gasteiger partial charge on any atom is 0.271 e. The van der Waals surface area contributed by atoms with Crippen molar-refractivity contribution in [3.8, 4) is 10.6 Å². The lowest BCUT2D eigenvalue weighted by Crippen LogP contribution is -2.33. The first-order chi connectivity index (χ1) is 12.5. The van der Waals surface area contributed by atoms with Crippen molar-refractivity contribution >= 4 is 56.4 Å². The zero-order valence-electron chi connectivity index (χ0n) is 13.3. The molecule has 0 saturated heterocycles. The molecule has 2 N–H and O–H groups in total. The molecule has 0 fully saturated rings. The summed E-state index contributed by atoms with van der Waals surface area (Å²) in [6.07, 6.45) is 0. The van der Waals surface area contributed by atoms with Crippen LogP contribution >= 0.6 is 38.9 Å². The highest BCUT2D eigenvalue weighted by Gasteiger charge is 2.13. The van der Waals surface area contributed by atoms with Gasteiger partial charge in [0.15, 0.2) is 0 Å². The number of halogens is 2. The van der Waals surface area contributed by atoms with Crippen molar-refractivity contribution in [1.82, 2.24) is 10.3 Å². The van der Waals surface area contributed by atoms with Crippen LogP contribution in [0.15, 0.2) is 58.4 Å². The molecular weight excluding hydrogens is 438 g/mol. The Morgan fingerprint density at radius 2 is 1.85 bits per heavy atom. The highest BCUT2D eigenvalue weighted by molar-refractivity contribution is 9.10. The Kier molecular flexibility index (Phi) is 6.03. The fraction of sp³-hybridized carbons (Fsp3) is 0.0556. The van der Waals surface area contributed by atoms with Gasteiger partial charge in [0.25, 0.3) is 5.91 Å². The van der Waals surface area contributed by atoms with Gasteiger partial charge in [0.2, 0.25) is 5.91 Å². The summed E-state index contributed by atoms with van der Waals surface area (Å²) in [6, 6.07) is 14.5. The third kappa shape index (κ3) is 4.69. The maximum atomic E-state index is 12.2. The standard InChI is InChI=1S/C18H13BrClN3O2S/c19-13-3-1-2-4-14(13)22-16(24)9-21-17(25)15-10-26-18(23-15)11-5-7-12(20)8-6-11/h1-8,10H,9H2,(H,21,25)(H,22,24). The lowest BCUT2D eigenvalue weighted by Gasteiger charge is -2.07. The molecule has 0 aliphatic heterocycles. The molecule has 3 aromatic rings. The summed E-state index contributed by atoms with van der Waals surface area (Å²) in [4.78, 5) is 28.5. The summed E-state index contributed by atoms with van der Waals surface area (Å²) in [5.74, 6) is -0.720. The third-order valence-electron chi connectivity index (χ3n) is 3.39. The highest BCUT2D eigenvalue weighted by Crippen LogP contribution is 2.25. The Bertz CT molecular complexity index is 944. The number of hydrogen-bond acceptors (Lipinski definition) is 4. The van der Waals surface area contributed by atoms with Crippen LogP contribution in [0.2, 0.25) is 5.02 Å². The summed E-state index contributed by atoms with van der Waals surface area (Å²) in [5, 5.41) is 8.30. The molecule has 132 valence electrons. The van der Waals surface area contributed by atoms with Gasteiger partial charge < -0.3 is 10.6 Å². The summed E-state index contributed by atoms with van der Waals surface area (Å²) in [7, 11) is 0. The van der Waals surface area contributed by atoms with Gasteiger partial charge in [0.05, 0.1) is 12.2 Å². The zero-order chi connectivity index (χ0) is 18.5. The molecule has 0 aliphatic rings. The molecule has 5 nitrogen and oxygen atoms in total. The van der Waals surface area contributed by atoms with E-state index >= 15 is 0 Å². The number of nitrogens with one attached hydrogen (secondary N) is 2. The largest absolute Gasteiger partial charge is 0.342 e. The number of para-hydroxylation sites is 1. The van der Waals surface area contributed by atoms with Gasteiger partial charge in [-0.05, 0) is 40.2 Å². The van der Waals surface area contributed by atoms with Crippen LogP contribution in [0, 0.1) is 0 Å². The molecule has 1 heterocycles. The van der Waals surface area contributed by atoms with E-state index in [0.29, 0.717) is 15.7 Å². The SMILES string of the molecule is O=C(CNC(=O)c1csc(-c2ccc(Cl)cc2)n1)Nc1ccccc1Br. The number of nitrogens with zero attached hydrogens (tertiary/aromatic N) is 1. The average Bonchev–Trinajstić information content (AvgIpc) is 3.12. The summed E-state index contributed by atoms with van der Waals surface area (Å²) in [6.45, 7) is -0.145. The Morgan fingerprint density at radius 1 is 1.12 bits per heavy atom. The van der Waals surface area contributed by atoms with Gasteiger partial charge in [-0.2, -0.15) is 0 Å². The van der Waals surface area contributed by atoms with Crippen LogP contribution in [0.25, 0.3) is 10.6 Å². The lowest BCUT2D eigenvalue weighted by atomic mass is 10.2. The van der Waals surface area contributed by atoms with Crippen LogP contribution in [0.5, 0.6) is 0 Å². The van der Waals surface area contributed by atoms with Crippen LogP contribution in [0.1, 0.15) is 10.5 Å². The van der Waals surface area contributed by atoms with Crippen molar-refractivity contribution in [3.63, 3.8) is 0 Å². The third-order valence-corrected chi connectivity index (χ3v) is 5.22. The Hall–Kier alpha value is -2.22. The highest BCUT2D eigenvalue weighted by atomic mass is 79.9. The molecule has 26 heavy (non-hydrogen) atoms. The predicted octanol–water partition coefficient (Wildman–Crippen LogP) is 4.59. The number of carbonyl (C=O) groups excluding carboxylic acids is 2. The first-order valence-electron chi connectivity index (χ1n) is 7.57. The molecule has 2 aromatic carbocycles. The molecule has 1 aromatic heterocycles. The van der Waals surface area contributed by atoms with E-state index in [1.165, 1.54) is 11.3 Å². The molecule has 0 saturated carbocycles. The smallest absolute Gasteiger partial charge is 0.271 e. The Balaban J connectivity index is 1.58. The Morgan fingerprint density at radius 3 is 2.58 bits per heavy atom. The first-order valence-corrected chi connectivity index (χ1v) is 9.62. The van der Waals surface area contributed by atoms with Crippen molar-refractivity contribution in [2.24, 2.45) is 0 Å². The van der Waals surface area contributed by atoms with Crippen molar-refractivity contribution < 1.29 is 9.59 Å². The number of aromatic nitrogens is 1. The molecule has 0 radical (unpaired) electrons. The van der Waals surface area contributed by atoms with E-state index in [-0.39, 0.29) is 18.1 Å². The van der Waals surface area contributed by atoms with E-state index in [2.05, 4.69) is 31.5 Å². The van der Waals surface area contributed by atoms with Gasteiger partial charge in [-0.15, -0.1) is 11.3 Å². The van der Waals surface area contributed by atoms with Gasteiger partial charge in [-0.1, -0.05) is 35.9 Å². The monoisotopic (exact) mass is 449 g/mol. The Labute approximate surface area is 167 Å². The number of carbonyl (C=O) groups is 2. The quantitative estimate of drug-likeness (QED) is 0.597. The molecule has 0 unspecified atom stereocenters. The second-order valence-corrected chi connectivity index (χ2v) is 7.40. The van der Waals surface area contributed by atoms with Gasteiger partial charge in [-0.25, -0.2) is 4.98 Å². The maximum absolute atomic E-state index is 12.2. The average molecular weight is 451 g/mol. The van der Waals surface area contributed by atoms with Gasteiger partial charge in [0, 0.05) is 20.4 Å². The van der Waals surface area contributed by atoms with Gasteiger partial charge in [-0.3, -0.25) is 9.59 Å². The number of hydrogen-bond donors (Lipinski definition) is 2. The minimum absolute atomic E-state index is 0.145. The molecule has 2 amide bonds. The zero-order valence-corrected chi connectivity index (χ0v) is 16.5. The van der Waals surface area contributed by atoms with E-state index in [1.54, 1.807) is 23.6 Å². The van der Waals surface area contributed by atoms with Crippen LogP contribution in [-0.2, 0) is 4.79 Å². The summed E-state index contributed by atoms with van der Waals surface area (Å²) >= 11 is 10.6. The molecule has 0 atom stereocenters. The minimum atomic E-state index is -0.399.